The second kappa shape index (κ2) is 4.13. The number of hydrogen-bond donors (Lipinski definition) is 2. The summed E-state index contributed by atoms with van der Waals surface area (Å²) in [5, 5.41) is 3.02. The highest BCUT2D eigenvalue weighted by Gasteiger charge is 2.23. The first kappa shape index (κ1) is 9.85. The summed E-state index contributed by atoms with van der Waals surface area (Å²) in [6, 6.07) is 0. The summed E-state index contributed by atoms with van der Waals surface area (Å²) < 4.78 is 5.59. The summed E-state index contributed by atoms with van der Waals surface area (Å²) >= 11 is 2.31. The molecule has 0 bridgehead atoms. The summed E-state index contributed by atoms with van der Waals surface area (Å²) in [5.74, 6) is 0. The van der Waals surface area contributed by atoms with Crippen LogP contribution in [0.5, 0.6) is 0 Å². The van der Waals surface area contributed by atoms with Crippen LogP contribution in [0.1, 0.15) is 0 Å². The lowest BCUT2D eigenvalue weighted by molar-refractivity contribution is 0.137. The molecular formula is C8H13IN2O. The Morgan fingerprint density at radius 3 is 2.83 bits per heavy atom. The average Bonchev–Trinajstić information content (AvgIpc) is 2.06. The normalized spacial score (nSPS) is 29.2. The van der Waals surface area contributed by atoms with Gasteiger partial charge in [0.15, 0.2) is 0 Å². The fraction of sp³-hybridized carbons (Fsp3) is 0.500. The van der Waals surface area contributed by atoms with Crippen LogP contribution < -0.4 is 11.1 Å². The van der Waals surface area contributed by atoms with Gasteiger partial charge in [-0.2, -0.15) is 0 Å². The van der Waals surface area contributed by atoms with Crippen LogP contribution in [0.3, 0.4) is 0 Å². The molecular weight excluding hydrogens is 267 g/mol. The van der Waals surface area contributed by atoms with E-state index in [0.29, 0.717) is 3.92 Å². The van der Waals surface area contributed by atoms with Gasteiger partial charge in [0.2, 0.25) is 0 Å². The van der Waals surface area contributed by atoms with Gasteiger partial charge in [-0.25, -0.2) is 0 Å². The Hall–Kier alpha value is -0.230. The van der Waals surface area contributed by atoms with Crippen LogP contribution in [0.4, 0.5) is 0 Å². The molecule has 0 saturated heterocycles. The molecule has 0 aromatic rings. The molecule has 0 spiro atoms. The zero-order chi connectivity index (χ0) is 9.14. The molecule has 1 aliphatic carbocycles. The van der Waals surface area contributed by atoms with E-state index in [1.165, 1.54) is 0 Å². The molecule has 12 heavy (non-hydrogen) atoms. The molecule has 0 aromatic carbocycles. The van der Waals surface area contributed by atoms with Crippen molar-refractivity contribution in [2.45, 2.75) is 10.0 Å². The largest absolute Gasteiger partial charge is 0.398 e. The Bertz CT molecular complexity index is 225. The Kier molecular flexibility index (Phi) is 3.39. The third kappa shape index (κ3) is 1.74. The quantitative estimate of drug-likeness (QED) is 0.580. The highest BCUT2D eigenvalue weighted by Crippen LogP contribution is 2.22. The van der Waals surface area contributed by atoms with Crippen LogP contribution in [-0.2, 0) is 4.74 Å². The molecule has 1 unspecified atom stereocenters. The number of hydrogen-bond acceptors (Lipinski definition) is 3. The maximum Gasteiger partial charge on any atom is 0.114 e. The van der Waals surface area contributed by atoms with Crippen LogP contribution in [-0.4, -0.2) is 24.2 Å². The minimum absolute atomic E-state index is 0.00181. The van der Waals surface area contributed by atoms with Gasteiger partial charge < -0.3 is 15.8 Å². The molecule has 4 heteroatoms. The van der Waals surface area contributed by atoms with Gasteiger partial charge in [0.05, 0.1) is 15.3 Å². The van der Waals surface area contributed by atoms with E-state index < -0.39 is 0 Å². The molecule has 68 valence electrons. The van der Waals surface area contributed by atoms with Crippen molar-refractivity contribution in [3.05, 3.63) is 23.5 Å². The standard InChI is InChI=1S/C8H13IN2O/c1-11-6-4-3-5(9)8(12-2)7(6)10/h3-5,8,11H,10H2,1-2H3/t5-,8?/m0/s1. The average molecular weight is 280 g/mol. The maximum absolute atomic E-state index is 5.87. The van der Waals surface area contributed by atoms with Crippen molar-refractivity contribution in [1.29, 1.82) is 0 Å². The first-order chi connectivity index (χ1) is 5.70. The molecule has 0 radical (unpaired) electrons. The Morgan fingerprint density at radius 2 is 2.33 bits per heavy atom. The summed E-state index contributed by atoms with van der Waals surface area (Å²) in [6.07, 6.45) is 4.07. The first-order valence-electron chi connectivity index (χ1n) is 3.73. The van der Waals surface area contributed by atoms with Gasteiger partial charge in [0.25, 0.3) is 0 Å². The number of likely N-dealkylation sites (N-methyl/N-ethyl adjacent to an activating group) is 1. The lowest BCUT2D eigenvalue weighted by atomic mass is 10.1. The van der Waals surface area contributed by atoms with Crippen molar-refractivity contribution in [2.24, 2.45) is 5.73 Å². The Morgan fingerprint density at radius 1 is 1.67 bits per heavy atom. The summed E-state index contributed by atoms with van der Waals surface area (Å²) in [6.45, 7) is 0. The van der Waals surface area contributed by atoms with E-state index in [0.717, 1.165) is 11.4 Å². The van der Waals surface area contributed by atoms with Crippen molar-refractivity contribution >= 4 is 22.6 Å². The molecule has 2 atom stereocenters. The summed E-state index contributed by atoms with van der Waals surface area (Å²) in [5.41, 5.74) is 7.60. The van der Waals surface area contributed by atoms with E-state index in [-0.39, 0.29) is 6.10 Å². The predicted octanol–water partition coefficient (Wildman–Crippen LogP) is 0.765. The van der Waals surface area contributed by atoms with E-state index in [2.05, 4.69) is 34.0 Å². The molecule has 0 amide bonds. The van der Waals surface area contributed by atoms with Gasteiger partial charge in [-0.1, -0.05) is 28.7 Å². The number of methoxy groups -OCH3 is 1. The Balaban J connectivity index is 2.88. The summed E-state index contributed by atoms with van der Waals surface area (Å²) in [7, 11) is 3.53. The topological polar surface area (TPSA) is 47.3 Å². The zero-order valence-electron chi connectivity index (χ0n) is 7.17. The van der Waals surface area contributed by atoms with Gasteiger partial charge >= 0.3 is 0 Å². The minimum atomic E-state index is -0.00181. The van der Waals surface area contributed by atoms with Gasteiger partial charge in [0, 0.05) is 14.2 Å². The number of ether oxygens (including phenoxy) is 1. The molecule has 1 aliphatic rings. The van der Waals surface area contributed by atoms with Crippen LogP contribution in [0.25, 0.3) is 0 Å². The van der Waals surface area contributed by atoms with Gasteiger partial charge in [-0.15, -0.1) is 0 Å². The molecule has 0 saturated carbocycles. The smallest absolute Gasteiger partial charge is 0.114 e. The molecule has 3 nitrogen and oxygen atoms in total. The lowest BCUT2D eigenvalue weighted by Crippen LogP contribution is -2.34. The van der Waals surface area contributed by atoms with Crippen LogP contribution in [0.2, 0.25) is 0 Å². The molecule has 0 aromatic heterocycles. The maximum atomic E-state index is 5.87. The second-order valence-corrected chi connectivity index (χ2v) is 4.02. The number of halogens is 1. The number of allylic oxidation sites excluding steroid dienone is 1. The SMILES string of the molecule is CNC1=C(N)C(OC)[C@@H](I)C=C1. The highest BCUT2D eigenvalue weighted by atomic mass is 127. The van der Waals surface area contributed by atoms with Gasteiger partial charge in [-0.05, 0) is 6.08 Å². The van der Waals surface area contributed by atoms with Crippen LogP contribution in [0, 0.1) is 0 Å². The van der Waals surface area contributed by atoms with Crippen LogP contribution in [0.15, 0.2) is 23.5 Å². The minimum Gasteiger partial charge on any atom is -0.398 e. The fourth-order valence-electron chi connectivity index (χ4n) is 1.19. The van der Waals surface area contributed by atoms with Crippen molar-refractivity contribution in [1.82, 2.24) is 5.32 Å². The second-order valence-electron chi connectivity index (χ2n) is 2.58. The first-order valence-corrected chi connectivity index (χ1v) is 4.97. The number of rotatable bonds is 2. The van der Waals surface area contributed by atoms with Crippen molar-refractivity contribution in [3.63, 3.8) is 0 Å². The molecule has 0 aliphatic heterocycles. The van der Waals surface area contributed by atoms with E-state index in [4.69, 9.17) is 10.5 Å². The monoisotopic (exact) mass is 280 g/mol. The molecule has 0 heterocycles. The number of alkyl halides is 1. The van der Waals surface area contributed by atoms with E-state index in [9.17, 15) is 0 Å². The Labute approximate surface area is 86.2 Å². The number of nitrogens with two attached hydrogens (primary N) is 1. The van der Waals surface area contributed by atoms with E-state index >= 15 is 0 Å². The third-order valence-corrected chi connectivity index (χ3v) is 2.95. The predicted molar refractivity (Wildman–Crippen MR) is 58.0 cm³/mol. The van der Waals surface area contributed by atoms with Gasteiger partial charge in [0.1, 0.15) is 6.10 Å². The van der Waals surface area contributed by atoms with Crippen molar-refractivity contribution in [2.75, 3.05) is 14.2 Å². The van der Waals surface area contributed by atoms with Gasteiger partial charge in [-0.3, -0.25) is 0 Å². The molecule has 3 N–H and O–H groups in total. The lowest BCUT2D eigenvalue weighted by Gasteiger charge is -2.24. The third-order valence-electron chi connectivity index (χ3n) is 1.88. The van der Waals surface area contributed by atoms with Crippen molar-refractivity contribution in [3.8, 4) is 0 Å². The molecule has 1 rings (SSSR count). The van der Waals surface area contributed by atoms with E-state index in [1.54, 1.807) is 7.11 Å². The number of nitrogens with one attached hydrogen (secondary N) is 1. The summed E-state index contributed by atoms with van der Waals surface area (Å²) in [4.78, 5) is 0. The van der Waals surface area contributed by atoms with E-state index in [1.807, 2.05) is 13.1 Å². The fourth-order valence-corrected chi connectivity index (χ4v) is 2.08. The highest BCUT2D eigenvalue weighted by molar-refractivity contribution is 14.1. The van der Waals surface area contributed by atoms with Crippen LogP contribution >= 0.6 is 22.6 Å². The van der Waals surface area contributed by atoms with Crippen molar-refractivity contribution < 1.29 is 4.74 Å². The zero-order valence-corrected chi connectivity index (χ0v) is 9.33. The molecule has 0 fully saturated rings.